The Morgan fingerprint density at radius 3 is 3.00 bits per heavy atom. The van der Waals surface area contributed by atoms with Crippen LogP contribution in [0.4, 0.5) is 4.79 Å². The summed E-state index contributed by atoms with van der Waals surface area (Å²) in [6.45, 7) is 0.472. The van der Waals surface area contributed by atoms with Gasteiger partial charge in [0.05, 0.1) is 0 Å². The molecule has 3 heteroatoms. The van der Waals surface area contributed by atoms with Crippen LogP contribution < -0.4 is 5.32 Å². The van der Waals surface area contributed by atoms with Crippen molar-refractivity contribution in [3.63, 3.8) is 0 Å². The van der Waals surface area contributed by atoms with Crippen molar-refractivity contribution in [3.8, 4) is 0 Å². The third-order valence-electron chi connectivity index (χ3n) is 2.75. The number of carbonyl (C=O) groups is 1. The van der Waals surface area contributed by atoms with Gasteiger partial charge in [-0.15, -0.1) is 0 Å². The van der Waals surface area contributed by atoms with E-state index in [9.17, 15) is 9.90 Å². The number of aryl methyl sites for hydroxylation is 1. The normalized spacial score (nSPS) is 19.0. The molecule has 0 heterocycles. The Hall–Kier alpha value is -1.51. The van der Waals surface area contributed by atoms with Crippen molar-refractivity contribution in [2.24, 2.45) is 0 Å². The molecule has 0 saturated carbocycles. The molecule has 3 nitrogen and oxygen atoms in total. The summed E-state index contributed by atoms with van der Waals surface area (Å²) in [6, 6.07) is 8.20. The monoisotopic (exact) mass is 190 g/mol. The molecule has 0 fully saturated rings. The average Bonchev–Trinajstić information content (AvgIpc) is 2.58. The highest BCUT2D eigenvalue weighted by Gasteiger charge is 2.21. The molecule has 1 radical (unpaired) electrons. The zero-order chi connectivity index (χ0) is 9.97. The fourth-order valence-corrected chi connectivity index (χ4v) is 2.06. The van der Waals surface area contributed by atoms with Crippen LogP contribution in [0.3, 0.4) is 0 Å². The van der Waals surface area contributed by atoms with E-state index in [0.717, 1.165) is 12.8 Å². The number of hydrogen-bond acceptors (Lipinski definition) is 1. The largest absolute Gasteiger partial charge is 0.450 e. The van der Waals surface area contributed by atoms with Gasteiger partial charge in [-0.25, -0.2) is 9.90 Å². The van der Waals surface area contributed by atoms with Crippen LogP contribution >= 0.6 is 0 Å². The quantitative estimate of drug-likeness (QED) is 0.760. The molecular formula is C11H12NO2. The molecule has 0 spiro atoms. The van der Waals surface area contributed by atoms with Crippen molar-refractivity contribution >= 4 is 6.09 Å². The van der Waals surface area contributed by atoms with Gasteiger partial charge in [-0.1, -0.05) is 24.3 Å². The van der Waals surface area contributed by atoms with E-state index >= 15 is 0 Å². The lowest BCUT2D eigenvalue weighted by Crippen LogP contribution is -2.24. The van der Waals surface area contributed by atoms with E-state index in [-0.39, 0.29) is 0 Å². The zero-order valence-electron chi connectivity index (χ0n) is 7.82. The second-order valence-corrected chi connectivity index (χ2v) is 3.60. The van der Waals surface area contributed by atoms with E-state index in [4.69, 9.17) is 0 Å². The van der Waals surface area contributed by atoms with Gasteiger partial charge in [0.25, 0.3) is 0 Å². The van der Waals surface area contributed by atoms with Gasteiger partial charge in [0.15, 0.2) is 0 Å². The molecule has 0 aromatic heterocycles. The molecule has 0 bridgehead atoms. The second kappa shape index (κ2) is 3.70. The Labute approximate surface area is 82.8 Å². The maximum atomic E-state index is 10.2. The van der Waals surface area contributed by atoms with Crippen LogP contribution in [-0.4, -0.2) is 12.6 Å². The minimum Gasteiger partial charge on any atom is -0.318 e. The molecule has 1 aliphatic carbocycles. The summed E-state index contributed by atoms with van der Waals surface area (Å²) in [4.78, 5) is 10.2. The number of benzene rings is 1. The Morgan fingerprint density at radius 2 is 2.21 bits per heavy atom. The molecule has 1 aromatic rings. The summed E-state index contributed by atoms with van der Waals surface area (Å²) in [6.07, 6.45) is 0.893. The average molecular weight is 190 g/mol. The van der Waals surface area contributed by atoms with Gasteiger partial charge in [-0.2, -0.15) is 0 Å². The van der Waals surface area contributed by atoms with Gasteiger partial charge in [0.1, 0.15) is 0 Å². The first-order valence-corrected chi connectivity index (χ1v) is 4.80. The van der Waals surface area contributed by atoms with Crippen molar-refractivity contribution in [1.82, 2.24) is 5.32 Å². The predicted octanol–water partition coefficient (Wildman–Crippen LogP) is 1.86. The third-order valence-corrected chi connectivity index (χ3v) is 2.75. The fraction of sp³-hybridized carbons (Fsp3) is 0.364. The number of carbonyl (C=O) groups excluding carboxylic acids is 1. The van der Waals surface area contributed by atoms with Crippen molar-refractivity contribution < 1.29 is 9.90 Å². The Kier molecular flexibility index (Phi) is 2.39. The third kappa shape index (κ3) is 1.71. The van der Waals surface area contributed by atoms with Gasteiger partial charge in [0, 0.05) is 12.5 Å². The molecule has 1 aromatic carbocycles. The van der Waals surface area contributed by atoms with Crippen molar-refractivity contribution in [3.05, 3.63) is 35.4 Å². The molecule has 0 aliphatic heterocycles. The van der Waals surface area contributed by atoms with Crippen molar-refractivity contribution in [1.29, 1.82) is 0 Å². The lowest BCUT2D eigenvalue weighted by molar-refractivity contribution is 0.168. The van der Waals surface area contributed by atoms with E-state index in [1.807, 2.05) is 12.1 Å². The van der Waals surface area contributed by atoms with Crippen LogP contribution in [0.5, 0.6) is 0 Å². The summed E-state index contributed by atoms with van der Waals surface area (Å²) >= 11 is 0. The first-order chi connectivity index (χ1) is 6.77. The van der Waals surface area contributed by atoms with Crippen LogP contribution in [0.15, 0.2) is 24.3 Å². The van der Waals surface area contributed by atoms with E-state index < -0.39 is 6.09 Å². The first kappa shape index (κ1) is 9.06. The SMILES string of the molecule is [O]C(=O)NCC1CCc2ccccc21. The van der Waals surface area contributed by atoms with E-state index in [1.165, 1.54) is 11.1 Å². The van der Waals surface area contributed by atoms with Crippen molar-refractivity contribution in [2.75, 3.05) is 6.54 Å². The molecule has 73 valence electrons. The van der Waals surface area contributed by atoms with Gasteiger partial charge in [-0.3, -0.25) is 0 Å². The minimum absolute atomic E-state index is 0.323. The van der Waals surface area contributed by atoms with Gasteiger partial charge in [-0.05, 0) is 24.0 Å². The van der Waals surface area contributed by atoms with E-state index in [2.05, 4.69) is 17.4 Å². The minimum atomic E-state index is -1.19. The van der Waals surface area contributed by atoms with E-state index in [0.29, 0.717) is 12.5 Å². The Morgan fingerprint density at radius 1 is 1.43 bits per heavy atom. The highest BCUT2D eigenvalue weighted by atomic mass is 16.4. The summed E-state index contributed by atoms with van der Waals surface area (Å²) < 4.78 is 0. The molecule has 14 heavy (non-hydrogen) atoms. The highest BCUT2D eigenvalue weighted by Crippen LogP contribution is 2.31. The van der Waals surface area contributed by atoms with Gasteiger partial charge >= 0.3 is 6.09 Å². The predicted molar refractivity (Wildman–Crippen MR) is 51.6 cm³/mol. The highest BCUT2D eigenvalue weighted by molar-refractivity contribution is 5.64. The van der Waals surface area contributed by atoms with Crippen LogP contribution in [0.25, 0.3) is 0 Å². The molecule has 1 amide bonds. The van der Waals surface area contributed by atoms with Crippen LogP contribution in [0.1, 0.15) is 23.5 Å². The van der Waals surface area contributed by atoms with Gasteiger partial charge < -0.3 is 5.32 Å². The summed E-state index contributed by atoms with van der Waals surface area (Å²) in [5, 5.41) is 12.6. The topological polar surface area (TPSA) is 49.0 Å². The Bertz CT molecular complexity index is 349. The van der Waals surface area contributed by atoms with Crippen LogP contribution in [-0.2, 0) is 11.5 Å². The fourth-order valence-electron chi connectivity index (χ4n) is 2.06. The summed E-state index contributed by atoms with van der Waals surface area (Å²) in [7, 11) is 0. The summed E-state index contributed by atoms with van der Waals surface area (Å²) in [5.41, 5.74) is 2.62. The number of amides is 1. The van der Waals surface area contributed by atoms with E-state index in [1.54, 1.807) is 0 Å². The zero-order valence-corrected chi connectivity index (χ0v) is 7.82. The first-order valence-electron chi connectivity index (χ1n) is 4.80. The molecule has 0 saturated heterocycles. The number of nitrogens with one attached hydrogen (secondary N) is 1. The molecule has 1 unspecified atom stereocenters. The maximum absolute atomic E-state index is 10.2. The number of fused-ring (bicyclic) bond motifs is 1. The maximum Gasteiger partial charge on any atom is 0.450 e. The van der Waals surface area contributed by atoms with Gasteiger partial charge in [0.2, 0.25) is 0 Å². The standard InChI is InChI=1S/C11H12NO2/c13-11(14)12-7-9-6-5-8-3-1-2-4-10(8)9/h1-4,9,12H,5-7H2. The lowest BCUT2D eigenvalue weighted by Gasteiger charge is -2.09. The van der Waals surface area contributed by atoms with Crippen LogP contribution in [0.2, 0.25) is 0 Å². The Balaban J connectivity index is 2.07. The molecular weight excluding hydrogens is 178 g/mol. The molecule has 2 rings (SSSR count). The number of rotatable bonds is 2. The molecule has 1 aliphatic rings. The molecule has 1 atom stereocenters. The lowest BCUT2D eigenvalue weighted by atomic mass is 10.0. The summed E-state index contributed by atoms with van der Waals surface area (Å²) in [5.74, 6) is 0.323. The van der Waals surface area contributed by atoms with Crippen LogP contribution in [0, 0.1) is 0 Å². The van der Waals surface area contributed by atoms with Crippen molar-refractivity contribution in [2.45, 2.75) is 18.8 Å². The number of hydrogen-bond donors (Lipinski definition) is 1. The smallest absolute Gasteiger partial charge is 0.318 e. The second-order valence-electron chi connectivity index (χ2n) is 3.60. The molecule has 1 N–H and O–H groups in total.